The summed E-state index contributed by atoms with van der Waals surface area (Å²) in [6.07, 6.45) is 4.78. The number of aromatic nitrogens is 2. The van der Waals surface area contributed by atoms with Crippen LogP contribution in [0.15, 0.2) is 69.6 Å². The fourth-order valence-corrected chi connectivity index (χ4v) is 4.02. The summed E-state index contributed by atoms with van der Waals surface area (Å²) in [4.78, 5) is 22.6. The highest BCUT2D eigenvalue weighted by atomic mass is 35.5. The van der Waals surface area contributed by atoms with Crippen LogP contribution in [0.4, 0.5) is 0 Å². The number of allylic oxidation sites excluding steroid dienone is 1. The molecule has 5 heteroatoms. The Bertz CT molecular complexity index is 1160. The molecule has 3 aromatic rings. The second-order valence-corrected chi connectivity index (χ2v) is 8.07. The number of hydrogen-bond acceptors (Lipinski definition) is 3. The number of nitrogens with zero attached hydrogens (tertiary/aromatic N) is 3. The molecule has 2 heterocycles. The topological polar surface area (TPSA) is 47.2 Å². The number of aliphatic imine (C=N–C) groups is 1. The monoisotopic (exact) mass is 405 g/mol. The molecule has 0 radical (unpaired) electrons. The lowest BCUT2D eigenvalue weighted by Crippen LogP contribution is -2.28. The first-order valence-corrected chi connectivity index (χ1v) is 10.4. The van der Waals surface area contributed by atoms with Crippen LogP contribution in [0.3, 0.4) is 0 Å². The van der Waals surface area contributed by atoms with Crippen molar-refractivity contribution in [2.75, 3.05) is 0 Å². The molecule has 0 N–H and O–H groups in total. The van der Waals surface area contributed by atoms with Gasteiger partial charge in [0.25, 0.3) is 5.56 Å². The van der Waals surface area contributed by atoms with Gasteiger partial charge in [-0.3, -0.25) is 9.36 Å². The fourth-order valence-electron chi connectivity index (χ4n) is 3.76. The molecule has 148 valence electrons. The molecule has 1 aromatic heterocycles. The highest BCUT2D eigenvalue weighted by molar-refractivity contribution is 6.30. The highest BCUT2D eigenvalue weighted by Crippen LogP contribution is 2.30. The van der Waals surface area contributed by atoms with E-state index in [2.05, 4.69) is 37.9 Å². The van der Waals surface area contributed by atoms with Crippen LogP contribution < -0.4 is 5.56 Å². The van der Waals surface area contributed by atoms with E-state index < -0.39 is 0 Å². The van der Waals surface area contributed by atoms with Gasteiger partial charge in [0.1, 0.15) is 11.0 Å². The molecule has 0 amide bonds. The molecule has 0 aliphatic carbocycles. The summed E-state index contributed by atoms with van der Waals surface area (Å²) in [5.41, 5.74) is 2.71. The molecule has 2 aromatic carbocycles. The molecule has 0 saturated carbocycles. The Morgan fingerprint density at radius 3 is 2.55 bits per heavy atom. The van der Waals surface area contributed by atoms with E-state index in [1.807, 2.05) is 42.5 Å². The summed E-state index contributed by atoms with van der Waals surface area (Å²) in [5.74, 6) is 1.11. The number of fused-ring (bicyclic) bond motifs is 1. The summed E-state index contributed by atoms with van der Waals surface area (Å²) >= 11 is 6.08. The number of halogens is 1. The molecule has 2 unspecified atom stereocenters. The van der Waals surface area contributed by atoms with Crippen LogP contribution in [-0.4, -0.2) is 15.8 Å². The van der Waals surface area contributed by atoms with Crippen molar-refractivity contribution < 1.29 is 0 Å². The lowest BCUT2D eigenvalue weighted by molar-refractivity contribution is 0.615. The van der Waals surface area contributed by atoms with Gasteiger partial charge >= 0.3 is 0 Å². The molecule has 4 nitrogen and oxygen atoms in total. The largest absolute Gasteiger partial charge is 0.268 e. The molecule has 0 bridgehead atoms. The molecule has 1 aliphatic heterocycles. The van der Waals surface area contributed by atoms with E-state index in [0.717, 1.165) is 12.1 Å². The molecule has 0 saturated heterocycles. The Kier molecular flexibility index (Phi) is 5.37. The predicted molar refractivity (Wildman–Crippen MR) is 120 cm³/mol. The smallest absolute Gasteiger partial charge is 0.265 e. The average molecular weight is 406 g/mol. The fraction of sp³-hybridized carbons (Fsp3) is 0.292. The molecular weight excluding hydrogens is 382 g/mol. The van der Waals surface area contributed by atoms with Gasteiger partial charge in [0.2, 0.25) is 0 Å². The third kappa shape index (κ3) is 3.65. The van der Waals surface area contributed by atoms with Gasteiger partial charge in [-0.05, 0) is 54.2 Å². The van der Waals surface area contributed by atoms with E-state index in [1.54, 1.807) is 10.8 Å². The summed E-state index contributed by atoms with van der Waals surface area (Å²) in [7, 11) is 0. The van der Waals surface area contributed by atoms with E-state index in [4.69, 9.17) is 16.6 Å². The maximum absolute atomic E-state index is 13.5. The molecule has 0 fully saturated rings. The second-order valence-electron chi connectivity index (χ2n) is 7.68. The highest BCUT2D eigenvalue weighted by Gasteiger charge is 2.26. The van der Waals surface area contributed by atoms with Crippen molar-refractivity contribution in [3.63, 3.8) is 0 Å². The second kappa shape index (κ2) is 7.96. The molecule has 3 atom stereocenters. The van der Waals surface area contributed by atoms with Crippen LogP contribution in [0, 0.1) is 5.92 Å². The zero-order chi connectivity index (χ0) is 20.5. The number of benzene rings is 2. The van der Waals surface area contributed by atoms with Crippen molar-refractivity contribution in [3.8, 4) is 5.69 Å². The van der Waals surface area contributed by atoms with Crippen LogP contribution in [-0.2, 0) is 0 Å². The molecule has 0 spiro atoms. The standard InChI is InChI=1S/C24H24ClN3O/c1-4-15(2)17-9-11-18(12-10-17)28-23(20-14-26-22(25)13-16(20)3)27-21-8-6-5-7-19(21)24(28)29/h5-16,20H,4H2,1-3H3/t15?,16-,20?/m1/s1. The van der Waals surface area contributed by atoms with Gasteiger partial charge in [0.15, 0.2) is 0 Å². The third-order valence-electron chi connectivity index (χ3n) is 5.76. The average Bonchev–Trinajstić information content (AvgIpc) is 2.73. The van der Waals surface area contributed by atoms with Crippen LogP contribution in [0.1, 0.15) is 50.4 Å². The predicted octanol–water partition coefficient (Wildman–Crippen LogP) is 5.78. The van der Waals surface area contributed by atoms with Crippen molar-refractivity contribution >= 4 is 28.7 Å². The van der Waals surface area contributed by atoms with Crippen molar-refractivity contribution in [2.24, 2.45) is 10.9 Å². The first-order valence-electron chi connectivity index (χ1n) is 10.0. The zero-order valence-corrected chi connectivity index (χ0v) is 17.6. The van der Waals surface area contributed by atoms with E-state index in [1.165, 1.54) is 5.56 Å². The summed E-state index contributed by atoms with van der Waals surface area (Å²) < 4.78 is 1.73. The van der Waals surface area contributed by atoms with Gasteiger partial charge < -0.3 is 0 Å². The Morgan fingerprint density at radius 2 is 1.86 bits per heavy atom. The van der Waals surface area contributed by atoms with Gasteiger partial charge in [0.05, 0.1) is 22.5 Å². The molecule has 4 rings (SSSR count). The number of para-hydroxylation sites is 1. The van der Waals surface area contributed by atoms with E-state index >= 15 is 0 Å². The Labute approximate surface area is 175 Å². The summed E-state index contributed by atoms with van der Waals surface area (Å²) in [6.45, 7) is 6.45. The maximum atomic E-state index is 13.5. The van der Waals surface area contributed by atoms with E-state index in [0.29, 0.717) is 27.8 Å². The molecular formula is C24H24ClN3O. The van der Waals surface area contributed by atoms with Crippen molar-refractivity contribution in [3.05, 3.63) is 81.5 Å². The first kappa shape index (κ1) is 19.6. The maximum Gasteiger partial charge on any atom is 0.265 e. The number of rotatable bonds is 4. The molecule has 1 aliphatic rings. The Morgan fingerprint density at radius 1 is 1.14 bits per heavy atom. The van der Waals surface area contributed by atoms with Crippen LogP contribution in [0.5, 0.6) is 0 Å². The quantitative estimate of drug-likeness (QED) is 0.516. The van der Waals surface area contributed by atoms with Crippen LogP contribution in [0.25, 0.3) is 16.6 Å². The summed E-state index contributed by atoms with van der Waals surface area (Å²) in [6, 6.07) is 15.7. The number of hydrogen-bond donors (Lipinski definition) is 0. The van der Waals surface area contributed by atoms with Crippen LogP contribution in [0.2, 0.25) is 0 Å². The minimum absolute atomic E-state index is 0.0665. The van der Waals surface area contributed by atoms with Gasteiger partial charge in [-0.25, -0.2) is 9.98 Å². The Balaban J connectivity index is 1.93. The van der Waals surface area contributed by atoms with Gasteiger partial charge in [0, 0.05) is 6.21 Å². The minimum Gasteiger partial charge on any atom is -0.268 e. The first-order chi connectivity index (χ1) is 14.0. The zero-order valence-electron chi connectivity index (χ0n) is 16.8. The molecule has 29 heavy (non-hydrogen) atoms. The van der Waals surface area contributed by atoms with Gasteiger partial charge in [-0.1, -0.05) is 56.6 Å². The third-order valence-corrected chi connectivity index (χ3v) is 5.98. The summed E-state index contributed by atoms with van der Waals surface area (Å²) in [5, 5.41) is 1.08. The minimum atomic E-state index is -0.135. The van der Waals surface area contributed by atoms with Crippen molar-refractivity contribution in [2.45, 2.75) is 39.0 Å². The Hall–Kier alpha value is -2.72. The van der Waals surface area contributed by atoms with Crippen LogP contribution >= 0.6 is 11.6 Å². The van der Waals surface area contributed by atoms with E-state index in [-0.39, 0.29) is 17.4 Å². The lowest BCUT2D eigenvalue weighted by atomic mass is 9.92. The van der Waals surface area contributed by atoms with Crippen molar-refractivity contribution in [1.29, 1.82) is 0 Å². The van der Waals surface area contributed by atoms with Gasteiger partial charge in [-0.2, -0.15) is 0 Å². The van der Waals surface area contributed by atoms with Crippen molar-refractivity contribution in [1.82, 2.24) is 9.55 Å². The van der Waals surface area contributed by atoms with Gasteiger partial charge in [-0.15, -0.1) is 0 Å². The normalized spacial score (nSPS) is 19.9. The SMILES string of the molecule is CCC(C)c1ccc(-n2c(C3C=NC(Cl)=C[C@H]3C)nc3ccccc3c2=O)cc1. The van der Waals surface area contributed by atoms with E-state index in [9.17, 15) is 4.79 Å². The lowest BCUT2D eigenvalue weighted by Gasteiger charge is -2.24.